The Morgan fingerprint density at radius 1 is 1.18 bits per heavy atom. The molecule has 5 rings (SSSR count). The third-order valence-corrected chi connectivity index (χ3v) is 5.94. The van der Waals surface area contributed by atoms with E-state index in [1.165, 1.54) is 10.6 Å². The molecule has 0 bridgehead atoms. The molecule has 12 heteroatoms. The lowest BCUT2D eigenvalue weighted by Crippen LogP contribution is -2.37. The lowest BCUT2D eigenvalue weighted by atomic mass is 10.3. The van der Waals surface area contributed by atoms with Crippen molar-refractivity contribution in [2.45, 2.75) is 19.0 Å². The summed E-state index contributed by atoms with van der Waals surface area (Å²) in [7, 11) is 0. The average molecular weight is 473 g/mol. The lowest BCUT2D eigenvalue weighted by Gasteiger charge is -2.27. The SMILES string of the molecule is NCC(=O)N1CC[C@H](Oc2cc(-n3c(C(F)F)nc4ccccc43)nc(N3CCOCC3)n2)C1. The smallest absolute Gasteiger partial charge is 0.296 e. The van der Waals surface area contributed by atoms with E-state index in [0.29, 0.717) is 62.8 Å². The second-order valence-corrected chi connectivity index (χ2v) is 8.13. The average Bonchev–Trinajstić information content (AvgIpc) is 3.49. The third kappa shape index (κ3) is 4.38. The summed E-state index contributed by atoms with van der Waals surface area (Å²) in [5.74, 6) is 0.302. The van der Waals surface area contributed by atoms with Crippen molar-refractivity contribution in [3.63, 3.8) is 0 Å². The van der Waals surface area contributed by atoms with Gasteiger partial charge in [0.1, 0.15) is 11.9 Å². The maximum atomic E-state index is 14.0. The van der Waals surface area contributed by atoms with Crippen LogP contribution in [0, 0.1) is 0 Å². The summed E-state index contributed by atoms with van der Waals surface area (Å²) < 4.78 is 40.8. The fourth-order valence-corrected chi connectivity index (χ4v) is 4.26. The Labute approximate surface area is 194 Å². The van der Waals surface area contributed by atoms with Crippen LogP contribution in [0.15, 0.2) is 30.3 Å². The first kappa shape index (κ1) is 22.4. The van der Waals surface area contributed by atoms with Crippen LogP contribution in [0.25, 0.3) is 16.9 Å². The van der Waals surface area contributed by atoms with Gasteiger partial charge >= 0.3 is 0 Å². The first-order chi connectivity index (χ1) is 16.5. The van der Waals surface area contributed by atoms with Crippen molar-refractivity contribution >= 4 is 22.9 Å². The molecule has 0 unspecified atom stereocenters. The predicted octanol–water partition coefficient (Wildman–Crippen LogP) is 1.53. The molecular weight excluding hydrogens is 448 g/mol. The second-order valence-electron chi connectivity index (χ2n) is 8.13. The second kappa shape index (κ2) is 9.47. The first-order valence-corrected chi connectivity index (χ1v) is 11.2. The maximum absolute atomic E-state index is 14.0. The van der Waals surface area contributed by atoms with Gasteiger partial charge in [0, 0.05) is 32.1 Å². The van der Waals surface area contributed by atoms with Crippen molar-refractivity contribution in [3.8, 4) is 11.7 Å². The van der Waals surface area contributed by atoms with E-state index >= 15 is 0 Å². The number of benzene rings is 1. The summed E-state index contributed by atoms with van der Waals surface area (Å²) in [5, 5.41) is 0. The summed E-state index contributed by atoms with van der Waals surface area (Å²) in [6, 6.07) is 8.45. The molecule has 3 aromatic rings. The topological polar surface area (TPSA) is 112 Å². The minimum Gasteiger partial charge on any atom is -0.472 e. The molecule has 180 valence electrons. The van der Waals surface area contributed by atoms with Crippen LogP contribution in [-0.2, 0) is 9.53 Å². The molecule has 0 saturated carbocycles. The minimum atomic E-state index is -2.80. The molecule has 34 heavy (non-hydrogen) atoms. The number of hydrogen-bond donors (Lipinski definition) is 1. The number of morpholine rings is 1. The molecule has 1 atom stereocenters. The van der Waals surface area contributed by atoms with Gasteiger partial charge < -0.3 is 25.0 Å². The molecule has 2 aliphatic rings. The van der Waals surface area contributed by atoms with Gasteiger partial charge in [-0.1, -0.05) is 12.1 Å². The van der Waals surface area contributed by atoms with Gasteiger partial charge in [-0.25, -0.2) is 13.8 Å². The number of carbonyl (C=O) groups is 1. The van der Waals surface area contributed by atoms with Crippen LogP contribution in [0.1, 0.15) is 18.7 Å². The van der Waals surface area contributed by atoms with E-state index in [1.54, 1.807) is 29.2 Å². The number of para-hydroxylation sites is 2. The standard InChI is InChI=1S/C22H25F2N7O3/c23-20(24)21-26-15-3-1-2-4-16(15)31(21)17-11-18(28-22(27-17)29-7-9-33-10-8-29)34-14-5-6-30(13-14)19(32)12-25/h1-4,11,14,20H,5-10,12-13,25H2/t14-/m0/s1. The number of carbonyl (C=O) groups excluding carboxylic acids is 1. The molecule has 2 aromatic heterocycles. The molecule has 2 saturated heterocycles. The number of anilines is 1. The molecule has 1 amide bonds. The van der Waals surface area contributed by atoms with E-state index in [0.717, 1.165) is 0 Å². The number of nitrogens with zero attached hydrogens (tertiary/aromatic N) is 6. The normalized spacial score (nSPS) is 18.8. The number of alkyl halides is 2. The van der Waals surface area contributed by atoms with Crippen LogP contribution in [0.3, 0.4) is 0 Å². The number of amides is 1. The quantitative estimate of drug-likeness (QED) is 0.574. The number of imidazole rings is 1. The Morgan fingerprint density at radius 2 is 1.97 bits per heavy atom. The number of likely N-dealkylation sites (tertiary alicyclic amines) is 1. The molecule has 0 radical (unpaired) electrons. The van der Waals surface area contributed by atoms with Crippen LogP contribution >= 0.6 is 0 Å². The largest absolute Gasteiger partial charge is 0.472 e. The number of rotatable bonds is 6. The Kier molecular flexibility index (Phi) is 6.24. The highest BCUT2D eigenvalue weighted by Crippen LogP contribution is 2.30. The van der Waals surface area contributed by atoms with Gasteiger partial charge in [0.15, 0.2) is 5.82 Å². The van der Waals surface area contributed by atoms with Gasteiger partial charge in [0.05, 0.1) is 37.3 Å². The molecule has 2 N–H and O–H groups in total. The summed E-state index contributed by atoms with van der Waals surface area (Å²) in [6.07, 6.45) is -2.47. The Morgan fingerprint density at radius 3 is 2.74 bits per heavy atom. The molecule has 2 fully saturated rings. The number of fused-ring (bicyclic) bond motifs is 1. The van der Waals surface area contributed by atoms with E-state index in [-0.39, 0.29) is 30.3 Å². The maximum Gasteiger partial charge on any atom is 0.296 e. The van der Waals surface area contributed by atoms with Crippen LogP contribution < -0.4 is 15.4 Å². The molecular formula is C22H25F2N7O3. The fraction of sp³-hybridized carbons (Fsp3) is 0.455. The van der Waals surface area contributed by atoms with Crippen LogP contribution in [-0.4, -0.2) is 82.4 Å². The zero-order valence-electron chi connectivity index (χ0n) is 18.4. The van der Waals surface area contributed by atoms with E-state index in [9.17, 15) is 13.6 Å². The van der Waals surface area contributed by atoms with Gasteiger partial charge in [-0.05, 0) is 12.1 Å². The van der Waals surface area contributed by atoms with Crippen molar-refractivity contribution in [2.24, 2.45) is 5.73 Å². The van der Waals surface area contributed by atoms with Crippen LogP contribution in [0.4, 0.5) is 14.7 Å². The van der Waals surface area contributed by atoms with Crippen molar-refractivity contribution in [1.29, 1.82) is 0 Å². The minimum absolute atomic E-state index is 0.0599. The predicted molar refractivity (Wildman–Crippen MR) is 119 cm³/mol. The van der Waals surface area contributed by atoms with Crippen LogP contribution in [0.5, 0.6) is 5.88 Å². The van der Waals surface area contributed by atoms with E-state index in [1.807, 2.05) is 4.90 Å². The summed E-state index contributed by atoms with van der Waals surface area (Å²) in [5.41, 5.74) is 6.43. The monoisotopic (exact) mass is 473 g/mol. The Bertz CT molecular complexity index is 1180. The van der Waals surface area contributed by atoms with Crippen LogP contribution in [0.2, 0.25) is 0 Å². The van der Waals surface area contributed by atoms with Crippen molar-refractivity contribution in [1.82, 2.24) is 24.4 Å². The number of ether oxygens (including phenoxy) is 2. The molecule has 1 aromatic carbocycles. The van der Waals surface area contributed by atoms with Crippen molar-refractivity contribution < 1.29 is 23.0 Å². The zero-order valence-corrected chi connectivity index (χ0v) is 18.4. The van der Waals surface area contributed by atoms with Gasteiger partial charge in [0.2, 0.25) is 17.7 Å². The summed E-state index contributed by atoms with van der Waals surface area (Å²) in [6.45, 7) is 3.03. The molecule has 0 aliphatic carbocycles. The summed E-state index contributed by atoms with van der Waals surface area (Å²) in [4.78, 5) is 28.8. The number of aromatic nitrogens is 4. The highest BCUT2D eigenvalue weighted by molar-refractivity contribution is 5.78. The van der Waals surface area contributed by atoms with Crippen molar-refractivity contribution in [2.75, 3.05) is 50.8 Å². The molecule has 10 nitrogen and oxygen atoms in total. The van der Waals surface area contributed by atoms with Crippen molar-refractivity contribution in [3.05, 3.63) is 36.2 Å². The highest BCUT2D eigenvalue weighted by atomic mass is 19.3. The molecule has 4 heterocycles. The molecule has 0 spiro atoms. The fourth-order valence-electron chi connectivity index (χ4n) is 4.26. The Hall–Kier alpha value is -3.38. The Balaban J connectivity index is 1.55. The third-order valence-electron chi connectivity index (χ3n) is 5.94. The first-order valence-electron chi connectivity index (χ1n) is 11.2. The number of halogens is 2. The lowest BCUT2D eigenvalue weighted by molar-refractivity contribution is -0.128. The summed E-state index contributed by atoms with van der Waals surface area (Å²) >= 11 is 0. The highest BCUT2D eigenvalue weighted by Gasteiger charge is 2.29. The van der Waals surface area contributed by atoms with Gasteiger partial charge in [-0.15, -0.1) is 0 Å². The van der Waals surface area contributed by atoms with Gasteiger partial charge in [0.25, 0.3) is 6.43 Å². The zero-order chi connectivity index (χ0) is 23.7. The van der Waals surface area contributed by atoms with Gasteiger partial charge in [-0.2, -0.15) is 9.97 Å². The number of nitrogens with two attached hydrogens (primary N) is 1. The van der Waals surface area contributed by atoms with Gasteiger partial charge in [-0.3, -0.25) is 9.36 Å². The van der Waals surface area contributed by atoms with E-state index in [4.69, 9.17) is 15.2 Å². The van der Waals surface area contributed by atoms with E-state index < -0.39 is 12.2 Å². The number of hydrogen-bond acceptors (Lipinski definition) is 8. The molecule has 2 aliphatic heterocycles. The van der Waals surface area contributed by atoms with E-state index in [2.05, 4.69) is 15.0 Å².